The number of halogens is 6. The molecule has 0 aliphatic heterocycles. The largest absolute Gasteiger partial charge is 0.508 e. The van der Waals surface area contributed by atoms with Crippen LogP contribution in [0.15, 0.2) is 267 Å². The van der Waals surface area contributed by atoms with Gasteiger partial charge < -0.3 is 60.6 Å². The minimum Gasteiger partial charge on any atom is -0.508 e. The molecule has 16 rings (SSSR count). The first kappa shape index (κ1) is 95.9. The number of fused-ring (bicyclic) bond motifs is 4. The number of hydrogen-bond donors (Lipinski definition) is 8. The van der Waals surface area contributed by atoms with E-state index in [1.165, 1.54) is 117 Å². The summed E-state index contributed by atoms with van der Waals surface area (Å²) >= 11 is 11.0. The number of nitrogens with one attached hydrogen (secondary N) is 4. The molecule has 0 bridgehead atoms. The van der Waals surface area contributed by atoms with Gasteiger partial charge in [0, 0.05) is 57.0 Å². The maximum atomic E-state index is 14.3. The fourth-order valence-electron chi connectivity index (χ4n) is 14.3. The summed E-state index contributed by atoms with van der Waals surface area (Å²) < 4.78 is 95.8. The monoisotopic (exact) mass is 1860 g/mol. The molecule has 4 aromatic heterocycles. The molecule has 16 aromatic rings. The number of hydrogen-bond acceptors (Lipinski definition) is 20. The topological polar surface area (TPSA) is 234 Å². The van der Waals surface area contributed by atoms with Crippen LogP contribution in [0.1, 0.15) is 142 Å². The number of rotatable bonds is 36. The second-order valence-corrected chi connectivity index (χ2v) is 35.0. The van der Waals surface area contributed by atoms with Gasteiger partial charge in [-0.1, -0.05) is 130 Å². The zero-order chi connectivity index (χ0) is 92.5. The van der Waals surface area contributed by atoms with E-state index < -0.39 is 40.5 Å². The van der Waals surface area contributed by atoms with Crippen LogP contribution in [0.3, 0.4) is 0 Å². The van der Waals surface area contributed by atoms with Crippen LogP contribution in [0.4, 0.5) is 22.0 Å². The Kier molecular flexibility index (Phi) is 33.9. The summed E-state index contributed by atoms with van der Waals surface area (Å²) in [5.74, 6) is 1.50. The molecule has 0 saturated heterocycles. The number of alkyl halides is 3. The molecular formula is C105H96ClF5N4O12S4. The fourth-order valence-corrected chi connectivity index (χ4v) is 19.0. The van der Waals surface area contributed by atoms with E-state index in [2.05, 4.69) is 61.1 Å². The van der Waals surface area contributed by atoms with Crippen LogP contribution in [0.5, 0.6) is 69.0 Å². The molecule has 0 spiro atoms. The van der Waals surface area contributed by atoms with E-state index in [4.69, 9.17) is 30.5 Å². The average molecular weight is 1860 g/mol. The molecule has 16 nitrogen and oxygen atoms in total. The molecule has 12 aromatic carbocycles. The number of ketones is 4. The highest BCUT2D eigenvalue weighted by Gasteiger charge is 2.37. The van der Waals surface area contributed by atoms with E-state index in [1.807, 2.05) is 72.8 Å². The number of aromatic hydroxyl groups is 4. The Morgan fingerprint density at radius 3 is 0.931 bits per heavy atom. The minimum absolute atomic E-state index is 0.0100. The number of carbonyl (C=O) groups excluding carboxylic acids is 4. The zero-order valence-electron chi connectivity index (χ0n) is 72.2. The summed E-state index contributed by atoms with van der Waals surface area (Å²) in [7, 11) is 0. The smallest absolute Gasteiger partial charge is 0.417 e. The van der Waals surface area contributed by atoms with Gasteiger partial charge in [-0.3, -0.25) is 19.2 Å². The van der Waals surface area contributed by atoms with Crippen LogP contribution in [-0.4, -0.2) is 95.9 Å². The fraction of sp³-hybridized carbons (Fsp3) is 0.200. The van der Waals surface area contributed by atoms with E-state index in [0.29, 0.717) is 91.2 Å². The zero-order valence-corrected chi connectivity index (χ0v) is 76.2. The number of thiophene rings is 4. The second kappa shape index (κ2) is 46.2. The number of ether oxygens (including phenoxy) is 4. The van der Waals surface area contributed by atoms with Crippen molar-refractivity contribution < 1.29 is 80.5 Å². The van der Waals surface area contributed by atoms with Gasteiger partial charge in [-0.25, -0.2) is 8.78 Å². The maximum Gasteiger partial charge on any atom is 0.417 e. The molecule has 0 unspecified atom stereocenters. The van der Waals surface area contributed by atoms with E-state index in [9.17, 15) is 61.6 Å². The van der Waals surface area contributed by atoms with Crippen LogP contribution < -0.4 is 40.2 Å². The van der Waals surface area contributed by atoms with Gasteiger partial charge in [0.2, 0.25) is 23.1 Å². The summed E-state index contributed by atoms with van der Waals surface area (Å²) in [6.07, 6.45) is 3.32. The molecule has 131 heavy (non-hydrogen) atoms. The van der Waals surface area contributed by atoms with Gasteiger partial charge in [0.25, 0.3) is 0 Å². The van der Waals surface area contributed by atoms with Crippen molar-refractivity contribution in [2.75, 3.05) is 52.4 Å². The van der Waals surface area contributed by atoms with E-state index in [-0.39, 0.29) is 50.8 Å². The molecule has 0 radical (unpaired) electrons. The average Bonchev–Trinajstić information content (AvgIpc) is 1.64. The normalized spacial score (nSPS) is 11.2. The molecule has 0 aliphatic rings. The van der Waals surface area contributed by atoms with Crippen molar-refractivity contribution in [1.82, 2.24) is 21.3 Å². The summed E-state index contributed by atoms with van der Waals surface area (Å²) in [4.78, 5) is 54.3. The third-order valence-electron chi connectivity index (χ3n) is 21.0. The Hall–Kier alpha value is -12.7. The predicted octanol–water partition coefficient (Wildman–Crippen LogP) is 26.6. The lowest BCUT2D eigenvalue weighted by molar-refractivity contribution is -0.137. The van der Waals surface area contributed by atoms with Crippen molar-refractivity contribution in [3.8, 4) is 69.0 Å². The Bertz CT molecular complexity index is 6410. The number of phenols is 4. The molecule has 674 valence electrons. The van der Waals surface area contributed by atoms with Crippen molar-refractivity contribution in [2.24, 2.45) is 0 Å². The molecule has 0 amide bonds. The number of aryl methyl sites for hydroxylation is 4. The SMILES string of the molecule is CCNCCCc1ccc(Oc2c(C(=O)c3ccc(F)cc3)sc3cc(O)ccc23)cc1.CCNCCCc1ccc(Oc2c(C(=O)c3ccccc3C(F)(F)F)sc3cc(O)ccc23)cc1.CCNCCCc1ccc(Oc2c(C(=O)c3ccccc3Cl)sc3cc(O)ccc23)cc1.CCNCCCc1ccc(Oc2c(C(=O)c3ccccc3F)sc3cc(O)ccc23)cc1. The van der Waals surface area contributed by atoms with Crippen LogP contribution in [0.25, 0.3) is 40.3 Å². The first-order chi connectivity index (χ1) is 63.4. The highest BCUT2D eigenvalue weighted by atomic mass is 35.5. The van der Waals surface area contributed by atoms with E-state index in [0.717, 1.165) is 147 Å². The van der Waals surface area contributed by atoms with Crippen molar-refractivity contribution in [1.29, 1.82) is 0 Å². The summed E-state index contributed by atoms with van der Waals surface area (Å²) in [6.45, 7) is 16.1. The molecule has 4 heterocycles. The molecule has 8 N–H and O–H groups in total. The lowest BCUT2D eigenvalue weighted by Gasteiger charge is -2.12. The molecule has 0 atom stereocenters. The first-order valence-electron chi connectivity index (χ1n) is 43.0. The maximum absolute atomic E-state index is 14.3. The van der Waals surface area contributed by atoms with Crippen molar-refractivity contribution in [3.05, 3.63) is 353 Å². The van der Waals surface area contributed by atoms with Gasteiger partial charge in [-0.05, 0) is 302 Å². The van der Waals surface area contributed by atoms with Crippen LogP contribution in [-0.2, 0) is 31.9 Å². The van der Waals surface area contributed by atoms with E-state index >= 15 is 0 Å². The first-order valence-corrected chi connectivity index (χ1v) is 46.6. The van der Waals surface area contributed by atoms with Crippen molar-refractivity contribution in [2.45, 2.75) is 85.2 Å². The summed E-state index contributed by atoms with van der Waals surface area (Å²) in [6, 6.07) is 73.4. The highest BCUT2D eigenvalue weighted by Crippen LogP contribution is 2.49. The Morgan fingerprint density at radius 2 is 0.618 bits per heavy atom. The number of carbonyl (C=O) groups is 4. The minimum atomic E-state index is -4.68. The third kappa shape index (κ3) is 25.3. The molecular weight excluding hydrogens is 1770 g/mol. The Balaban J connectivity index is 0.000000149. The quantitative estimate of drug-likeness (QED) is 0.0104. The molecule has 26 heteroatoms. The summed E-state index contributed by atoms with van der Waals surface area (Å²) in [5.41, 5.74) is 4.14. The lowest BCUT2D eigenvalue weighted by Crippen LogP contribution is -2.14. The predicted molar refractivity (Wildman–Crippen MR) is 517 cm³/mol. The van der Waals surface area contributed by atoms with Crippen LogP contribution >= 0.6 is 56.9 Å². The van der Waals surface area contributed by atoms with Gasteiger partial charge in [-0.15, -0.1) is 45.3 Å². The molecule has 0 aliphatic carbocycles. The van der Waals surface area contributed by atoms with Crippen molar-refractivity contribution in [3.63, 3.8) is 0 Å². The van der Waals surface area contributed by atoms with Crippen LogP contribution in [0.2, 0.25) is 5.02 Å². The summed E-state index contributed by atoms with van der Waals surface area (Å²) in [5, 5.41) is 55.9. The van der Waals surface area contributed by atoms with Gasteiger partial charge in [-0.2, -0.15) is 13.2 Å². The van der Waals surface area contributed by atoms with Crippen molar-refractivity contribution >= 4 is 120 Å². The van der Waals surface area contributed by atoms with Gasteiger partial charge in [0.05, 0.1) is 16.1 Å². The van der Waals surface area contributed by atoms with Gasteiger partial charge in [0.1, 0.15) is 77.1 Å². The number of phenolic OH excluding ortho intramolecular Hbond substituents is 4. The lowest BCUT2D eigenvalue weighted by atomic mass is 10.0. The highest BCUT2D eigenvalue weighted by molar-refractivity contribution is 7.22. The standard InChI is InChI=1S/C27H24F3NO3S.C26H24ClNO3S.2C26H24FNO3S/c1-2-31-15-5-6-17-9-12-19(13-10-17)34-25-21-14-11-18(32)16-23(21)35-26(25)24(33)20-7-3-4-8-22(20)27(28,29)30;1-2-28-15-5-6-17-9-12-19(13-10-17)31-25-21-14-11-18(29)16-23(21)32-26(25)24(30)20-7-3-4-8-22(20)27;1-2-28-15-3-4-17-5-12-21(13-6-17)31-25-22-14-11-20(29)16-23(22)32-26(25)24(30)18-7-9-19(27)10-8-18;1-2-28-15-5-6-17-9-12-19(13-10-17)31-25-21-14-11-18(29)16-23(21)32-26(25)24(30)20-7-3-4-8-22(20)27/h3-4,7-14,16,31-32H,2,5-6,15H2,1H3;3-4,7-14,16,28-29H,2,5-6,15H2,1H3;5-14,16,28-29H,2-4,15H2,1H3;3-4,7-14,16,28-29H,2,5-6,15H2,1H3. The Morgan fingerprint density at radius 1 is 0.336 bits per heavy atom. The van der Waals surface area contributed by atoms with Gasteiger partial charge >= 0.3 is 6.18 Å². The van der Waals surface area contributed by atoms with Crippen LogP contribution in [0, 0.1) is 11.6 Å². The second-order valence-electron chi connectivity index (χ2n) is 30.4. The van der Waals surface area contributed by atoms with Gasteiger partial charge in [0.15, 0.2) is 23.0 Å². The Labute approximate surface area is 776 Å². The third-order valence-corrected chi connectivity index (χ3v) is 25.9. The molecule has 0 fully saturated rings. The number of benzene rings is 12. The molecule has 0 saturated carbocycles. The van der Waals surface area contributed by atoms with E-state index in [1.54, 1.807) is 109 Å².